The van der Waals surface area contributed by atoms with Crippen LogP contribution in [0.25, 0.3) is 11.3 Å². The Hall–Kier alpha value is -3.72. The minimum Gasteiger partial charge on any atom is -0.482 e. The predicted octanol–water partition coefficient (Wildman–Crippen LogP) is 7.69. The molecule has 4 aromatic rings. The molecule has 0 saturated carbocycles. The summed E-state index contributed by atoms with van der Waals surface area (Å²) in [5.41, 5.74) is 2.87. The van der Waals surface area contributed by atoms with Crippen LogP contribution in [0.15, 0.2) is 82.4 Å². The molecule has 2 aromatic carbocycles. The maximum absolute atomic E-state index is 13.0. The number of aromatic nitrogens is 1. The van der Waals surface area contributed by atoms with Gasteiger partial charge in [-0.05, 0) is 79.9 Å². The van der Waals surface area contributed by atoms with E-state index in [0.29, 0.717) is 35.9 Å². The molecular weight excluding hydrogens is 527 g/mol. The van der Waals surface area contributed by atoms with Gasteiger partial charge < -0.3 is 13.9 Å². The number of alkyl halides is 3. The maximum atomic E-state index is 13.0. The Labute approximate surface area is 229 Å². The van der Waals surface area contributed by atoms with Crippen LogP contribution in [-0.4, -0.2) is 24.2 Å². The first kappa shape index (κ1) is 28.3. The number of rotatable bonds is 11. The Morgan fingerprint density at radius 1 is 1.00 bits per heavy atom. The molecule has 0 aliphatic heterocycles. The molecule has 0 unspecified atom stereocenters. The molecule has 0 bridgehead atoms. The molecule has 0 atom stereocenters. The SMILES string of the molecule is CCOC(=O)COc1ccc(SCc2cc(-c3ccc(C(F)(F)F)cc3)oc2CCc2ccncc2)cc1C. The second-order valence-electron chi connectivity index (χ2n) is 8.80. The molecule has 0 aliphatic carbocycles. The first-order valence-corrected chi connectivity index (χ1v) is 13.4. The number of esters is 1. The molecule has 0 saturated heterocycles. The van der Waals surface area contributed by atoms with Crippen LogP contribution in [-0.2, 0) is 34.3 Å². The van der Waals surface area contributed by atoms with Crippen LogP contribution in [0, 0.1) is 6.92 Å². The lowest BCUT2D eigenvalue weighted by Gasteiger charge is -2.10. The lowest BCUT2D eigenvalue weighted by molar-refractivity contribution is -0.145. The minimum absolute atomic E-state index is 0.149. The van der Waals surface area contributed by atoms with E-state index in [1.807, 2.05) is 43.3 Å². The summed E-state index contributed by atoms with van der Waals surface area (Å²) in [4.78, 5) is 16.6. The van der Waals surface area contributed by atoms with E-state index in [4.69, 9.17) is 13.9 Å². The summed E-state index contributed by atoms with van der Waals surface area (Å²) in [6, 6.07) is 16.5. The molecule has 4 rings (SSSR count). The molecule has 0 fully saturated rings. The molecule has 0 radical (unpaired) electrons. The number of benzene rings is 2. The number of hydrogen-bond acceptors (Lipinski definition) is 6. The summed E-state index contributed by atoms with van der Waals surface area (Å²) in [6.07, 6.45) is 0.470. The summed E-state index contributed by atoms with van der Waals surface area (Å²) in [7, 11) is 0. The van der Waals surface area contributed by atoms with Gasteiger partial charge in [-0.2, -0.15) is 13.2 Å². The molecule has 2 heterocycles. The molecule has 2 aromatic heterocycles. The van der Waals surface area contributed by atoms with E-state index in [9.17, 15) is 18.0 Å². The van der Waals surface area contributed by atoms with E-state index in [0.717, 1.165) is 45.9 Å². The Bertz CT molecular complexity index is 1390. The number of carbonyl (C=O) groups is 1. The summed E-state index contributed by atoms with van der Waals surface area (Å²) >= 11 is 1.61. The lowest BCUT2D eigenvalue weighted by Crippen LogP contribution is -2.14. The van der Waals surface area contributed by atoms with Crippen molar-refractivity contribution in [1.29, 1.82) is 0 Å². The van der Waals surface area contributed by atoms with E-state index in [-0.39, 0.29) is 6.61 Å². The summed E-state index contributed by atoms with van der Waals surface area (Å²) in [6.45, 7) is 3.80. The van der Waals surface area contributed by atoms with E-state index in [2.05, 4.69) is 4.98 Å². The molecule has 0 aliphatic rings. The van der Waals surface area contributed by atoms with E-state index >= 15 is 0 Å². The van der Waals surface area contributed by atoms with Crippen molar-refractivity contribution < 1.29 is 31.9 Å². The van der Waals surface area contributed by atoms with Gasteiger partial charge >= 0.3 is 12.1 Å². The summed E-state index contributed by atoms with van der Waals surface area (Å²) in [5, 5.41) is 0. The zero-order valence-electron chi connectivity index (χ0n) is 21.6. The number of furan rings is 1. The second-order valence-corrected chi connectivity index (χ2v) is 9.85. The van der Waals surface area contributed by atoms with Crippen molar-refractivity contribution in [1.82, 2.24) is 4.98 Å². The molecular formula is C30H28F3NO4S. The van der Waals surface area contributed by atoms with Crippen molar-refractivity contribution >= 4 is 17.7 Å². The van der Waals surface area contributed by atoms with Gasteiger partial charge in [0.15, 0.2) is 6.61 Å². The van der Waals surface area contributed by atoms with Crippen LogP contribution in [0.4, 0.5) is 13.2 Å². The highest BCUT2D eigenvalue weighted by Crippen LogP contribution is 2.35. The monoisotopic (exact) mass is 555 g/mol. The van der Waals surface area contributed by atoms with Gasteiger partial charge in [-0.15, -0.1) is 11.8 Å². The summed E-state index contributed by atoms with van der Waals surface area (Å²) < 4.78 is 55.7. The fraction of sp³-hybridized carbons (Fsp3) is 0.267. The van der Waals surface area contributed by atoms with Crippen LogP contribution in [0.3, 0.4) is 0 Å². The van der Waals surface area contributed by atoms with Crippen molar-refractivity contribution in [3.63, 3.8) is 0 Å². The van der Waals surface area contributed by atoms with Crippen LogP contribution >= 0.6 is 11.8 Å². The van der Waals surface area contributed by atoms with Crippen molar-refractivity contribution in [3.8, 4) is 17.1 Å². The molecule has 39 heavy (non-hydrogen) atoms. The molecule has 0 N–H and O–H groups in total. The van der Waals surface area contributed by atoms with Gasteiger partial charge in [-0.25, -0.2) is 4.79 Å². The standard InChI is InChI=1S/C30H28F3NO4S/c1-3-36-29(35)18-37-26-11-9-25(16-20(26)2)39-19-23-17-28(22-5-7-24(8-6-22)30(31,32)33)38-27(23)10-4-21-12-14-34-15-13-21/h5-9,11-17H,3-4,10,18-19H2,1-2H3. The zero-order chi connectivity index (χ0) is 27.8. The number of aryl methyl sites for hydroxylation is 3. The maximum Gasteiger partial charge on any atom is 0.416 e. The largest absolute Gasteiger partial charge is 0.482 e. The number of ether oxygens (including phenoxy) is 2. The van der Waals surface area contributed by atoms with Crippen LogP contribution < -0.4 is 4.74 Å². The minimum atomic E-state index is -4.39. The number of nitrogens with zero attached hydrogens (tertiary/aromatic N) is 1. The van der Waals surface area contributed by atoms with Gasteiger partial charge in [0.05, 0.1) is 12.2 Å². The Kier molecular flexibility index (Phi) is 9.35. The highest BCUT2D eigenvalue weighted by molar-refractivity contribution is 7.98. The van der Waals surface area contributed by atoms with Crippen LogP contribution in [0.5, 0.6) is 5.75 Å². The lowest BCUT2D eigenvalue weighted by atomic mass is 10.1. The molecule has 5 nitrogen and oxygen atoms in total. The third-order valence-corrected chi connectivity index (χ3v) is 7.02. The number of pyridine rings is 1. The highest BCUT2D eigenvalue weighted by Gasteiger charge is 2.30. The van der Waals surface area contributed by atoms with Crippen LogP contribution in [0.2, 0.25) is 0 Å². The fourth-order valence-corrected chi connectivity index (χ4v) is 4.94. The normalized spacial score (nSPS) is 11.4. The van der Waals surface area contributed by atoms with Gasteiger partial charge in [0, 0.05) is 40.6 Å². The molecule has 0 amide bonds. The van der Waals surface area contributed by atoms with Crippen molar-refractivity contribution in [2.24, 2.45) is 0 Å². The first-order valence-electron chi connectivity index (χ1n) is 12.4. The van der Waals surface area contributed by atoms with Gasteiger partial charge in [-0.1, -0.05) is 12.1 Å². The topological polar surface area (TPSA) is 61.6 Å². The third-order valence-electron chi connectivity index (χ3n) is 5.98. The fourth-order valence-electron chi connectivity index (χ4n) is 3.95. The van der Waals surface area contributed by atoms with Gasteiger partial charge in [0.25, 0.3) is 0 Å². The van der Waals surface area contributed by atoms with Gasteiger partial charge in [0.2, 0.25) is 0 Å². The molecule has 0 spiro atoms. The Morgan fingerprint density at radius 2 is 1.74 bits per heavy atom. The second kappa shape index (κ2) is 12.9. The average molecular weight is 556 g/mol. The first-order chi connectivity index (χ1) is 18.7. The van der Waals surface area contributed by atoms with Crippen molar-refractivity contribution in [2.75, 3.05) is 13.2 Å². The Balaban J connectivity index is 1.50. The molecule has 9 heteroatoms. The van der Waals surface area contributed by atoms with Gasteiger partial charge in [0.1, 0.15) is 17.3 Å². The predicted molar refractivity (Wildman–Crippen MR) is 144 cm³/mol. The van der Waals surface area contributed by atoms with Gasteiger partial charge in [-0.3, -0.25) is 4.98 Å². The summed E-state index contributed by atoms with van der Waals surface area (Å²) in [5.74, 6) is 2.12. The quantitative estimate of drug-likeness (QED) is 0.140. The van der Waals surface area contributed by atoms with Crippen molar-refractivity contribution in [3.05, 3.63) is 101 Å². The van der Waals surface area contributed by atoms with E-state index in [1.54, 1.807) is 31.1 Å². The zero-order valence-corrected chi connectivity index (χ0v) is 22.4. The number of hydrogen-bond donors (Lipinski definition) is 0. The Morgan fingerprint density at radius 3 is 2.41 bits per heavy atom. The smallest absolute Gasteiger partial charge is 0.416 e. The number of halogens is 3. The third kappa shape index (κ3) is 7.89. The van der Waals surface area contributed by atoms with E-state index < -0.39 is 17.7 Å². The highest BCUT2D eigenvalue weighted by atomic mass is 32.2. The molecule has 204 valence electrons. The number of carbonyl (C=O) groups excluding carboxylic acids is 1. The average Bonchev–Trinajstić information content (AvgIpc) is 3.33. The van der Waals surface area contributed by atoms with Crippen LogP contribution in [0.1, 0.15) is 34.9 Å². The van der Waals surface area contributed by atoms with Crippen molar-refractivity contribution in [2.45, 2.75) is 43.5 Å². The van der Waals surface area contributed by atoms with E-state index in [1.165, 1.54) is 12.1 Å². The number of thioether (sulfide) groups is 1.